The predicted octanol–water partition coefficient (Wildman–Crippen LogP) is 5.82. The number of phenolic OH excluding ortho intramolecular Hbond substituents is 1. The van der Waals surface area contributed by atoms with E-state index in [1.54, 1.807) is 39.8 Å². The zero-order valence-corrected chi connectivity index (χ0v) is 18.4. The van der Waals surface area contributed by atoms with Gasteiger partial charge in [0, 0.05) is 27.6 Å². The average molecular weight is 416 g/mol. The molecular formula is C26H24O5. The number of benzene rings is 3. The van der Waals surface area contributed by atoms with E-state index in [0.29, 0.717) is 55.7 Å². The lowest BCUT2D eigenvalue weighted by atomic mass is 9.86. The van der Waals surface area contributed by atoms with Crippen molar-refractivity contribution in [2.24, 2.45) is 0 Å². The minimum atomic E-state index is -1.03. The van der Waals surface area contributed by atoms with Crippen LogP contribution in [0.5, 0.6) is 5.75 Å². The normalized spacial score (nSPS) is 11.4. The number of aryl methyl sites for hydroxylation is 5. The van der Waals surface area contributed by atoms with Crippen LogP contribution in [0.4, 0.5) is 0 Å². The summed E-state index contributed by atoms with van der Waals surface area (Å²) < 4.78 is 6.19. The fourth-order valence-electron chi connectivity index (χ4n) is 4.28. The van der Waals surface area contributed by atoms with Gasteiger partial charge < -0.3 is 14.6 Å². The monoisotopic (exact) mass is 416 g/mol. The first-order valence-corrected chi connectivity index (χ1v) is 10.1. The molecule has 0 fully saturated rings. The quantitative estimate of drug-likeness (QED) is 0.402. The average Bonchev–Trinajstić information content (AvgIpc) is 2.71. The van der Waals surface area contributed by atoms with Gasteiger partial charge in [-0.2, -0.15) is 0 Å². The van der Waals surface area contributed by atoms with E-state index in [4.69, 9.17) is 4.42 Å². The van der Waals surface area contributed by atoms with Gasteiger partial charge in [0.1, 0.15) is 17.1 Å². The Morgan fingerprint density at radius 2 is 1.42 bits per heavy atom. The Morgan fingerprint density at radius 1 is 0.806 bits per heavy atom. The molecule has 0 saturated carbocycles. The first kappa shape index (κ1) is 20.7. The molecule has 0 spiro atoms. The number of rotatable bonds is 2. The molecule has 1 heterocycles. The van der Waals surface area contributed by atoms with Gasteiger partial charge in [-0.25, -0.2) is 4.79 Å². The van der Waals surface area contributed by atoms with Crippen LogP contribution >= 0.6 is 0 Å². The number of hydrogen-bond donors (Lipinski definition) is 2. The van der Waals surface area contributed by atoms with Crippen LogP contribution in [0, 0.1) is 41.5 Å². The van der Waals surface area contributed by atoms with Crippen molar-refractivity contribution >= 4 is 16.9 Å². The molecule has 5 nitrogen and oxygen atoms in total. The minimum Gasteiger partial charge on any atom is -0.507 e. The molecule has 2 aliphatic rings. The second-order valence-corrected chi connectivity index (χ2v) is 8.33. The lowest BCUT2D eigenvalue weighted by Gasteiger charge is -2.21. The highest BCUT2D eigenvalue weighted by molar-refractivity contribution is 6.09. The fourth-order valence-corrected chi connectivity index (χ4v) is 4.28. The summed E-state index contributed by atoms with van der Waals surface area (Å²) in [7, 11) is 0. The van der Waals surface area contributed by atoms with Crippen LogP contribution in [-0.2, 0) is 0 Å². The molecule has 5 heteroatoms. The number of carbonyl (C=O) groups is 1. The molecule has 0 saturated heterocycles. The van der Waals surface area contributed by atoms with Crippen molar-refractivity contribution in [3.8, 4) is 28.2 Å². The van der Waals surface area contributed by atoms with E-state index in [9.17, 15) is 19.8 Å². The zero-order chi connectivity index (χ0) is 22.8. The highest BCUT2D eigenvalue weighted by Crippen LogP contribution is 2.45. The summed E-state index contributed by atoms with van der Waals surface area (Å²) in [6, 6.07) is 7.13. The smallest absolute Gasteiger partial charge is 0.336 e. The van der Waals surface area contributed by atoms with Crippen molar-refractivity contribution in [2.75, 3.05) is 0 Å². The molecule has 31 heavy (non-hydrogen) atoms. The largest absolute Gasteiger partial charge is 0.507 e. The van der Waals surface area contributed by atoms with Crippen molar-refractivity contribution in [1.29, 1.82) is 0 Å². The van der Waals surface area contributed by atoms with Crippen LogP contribution in [0.15, 0.2) is 33.5 Å². The first-order chi connectivity index (χ1) is 14.5. The molecule has 0 bridgehead atoms. The van der Waals surface area contributed by atoms with Gasteiger partial charge in [0.25, 0.3) is 0 Å². The number of aromatic hydroxyl groups is 1. The van der Waals surface area contributed by atoms with Gasteiger partial charge in [-0.3, -0.25) is 4.79 Å². The third-order valence-corrected chi connectivity index (χ3v) is 6.20. The van der Waals surface area contributed by atoms with Crippen LogP contribution in [0.2, 0.25) is 0 Å². The molecule has 0 atom stereocenters. The molecule has 4 rings (SSSR count). The summed E-state index contributed by atoms with van der Waals surface area (Å²) in [5.41, 5.74) is 6.50. The van der Waals surface area contributed by atoms with E-state index in [1.807, 2.05) is 26.0 Å². The molecular weight excluding hydrogens is 392 g/mol. The van der Waals surface area contributed by atoms with Crippen LogP contribution in [0.1, 0.15) is 43.7 Å². The second-order valence-electron chi connectivity index (χ2n) is 8.33. The first-order valence-electron chi connectivity index (χ1n) is 10.1. The van der Waals surface area contributed by atoms with Crippen molar-refractivity contribution in [2.45, 2.75) is 41.5 Å². The summed E-state index contributed by atoms with van der Waals surface area (Å²) in [4.78, 5) is 24.8. The van der Waals surface area contributed by atoms with Crippen LogP contribution < -0.4 is 5.43 Å². The number of carboxylic acid groups (broad SMARTS) is 1. The van der Waals surface area contributed by atoms with Crippen molar-refractivity contribution in [3.05, 3.63) is 73.4 Å². The lowest BCUT2D eigenvalue weighted by Crippen LogP contribution is -2.12. The molecule has 0 unspecified atom stereocenters. The van der Waals surface area contributed by atoms with Gasteiger partial charge in [0.2, 0.25) is 0 Å². The predicted molar refractivity (Wildman–Crippen MR) is 122 cm³/mol. The molecule has 2 aromatic carbocycles. The molecule has 158 valence electrons. The van der Waals surface area contributed by atoms with Gasteiger partial charge in [-0.05, 0) is 87.6 Å². The highest BCUT2D eigenvalue weighted by atomic mass is 16.4. The van der Waals surface area contributed by atoms with Gasteiger partial charge in [-0.1, -0.05) is 6.07 Å². The third kappa shape index (κ3) is 3.00. The Hall–Kier alpha value is -3.60. The SMILES string of the molecule is Cc1cc(C(=O)O)c(-c2c3cc(C)c(=O)c(C)c-3oc3c(C)c(O)c(C)cc23)cc1C. The van der Waals surface area contributed by atoms with Gasteiger partial charge >= 0.3 is 5.97 Å². The van der Waals surface area contributed by atoms with E-state index in [1.165, 1.54) is 0 Å². The highest BCUT2D eigenvalue weighted by Gasteiger charge is 2.26. The van der Waals surface area contributed by atoms with E-state index in [-0.39, 0.29) is 16.7 Å². The van der Waals surface area contributed by atoms with E-state index in [0.717, 1.165) is 11.1 Å². The number of phenols is 1. The standard InChI is InChI=1S/C26H24O5/c1-11-7-17(18(26(29)30)8-12(11)2)21-19-9-13(3)22(27)15(5)24(19)31-25-16(6)23(28)14(4)10-20(21)25/h7-10,27H,1-6H3,(H,29,30). The van der Waals surface area contributed by atoms with Gasteiger partial charge in [0.15, 0.2) is 5.43 Å². The van der Waals surface area contributed by atoms with Crippen molar-refractivity contribution in [1.82, 2.24) is 0 Å². The van der Waals surface area contributed by atoms with Crippen LogP contribution in [0.25, 0.3) is 33.4 Å². The number of carboxylic acids is 1. The van der Waals surface area contributed by atoms with Crippen molar-refractivity contribution < 1.29 is 19.4 Å². The van der Waals surface area contributed by atoms with Gasteiger partial charge in [-0.15, -0.1) is 0 Å². The number of aromatic carboxylic acids is 1. The number of fused-ring (bicyclic) bond motifs is 2. The maximum Gasteiger partial charge on any atom is 0.336 e. The zero-order valence-electron chi connectivity index (χ0n) is 18.4. The van der Waals surface area contributed by atoms with E-state index < -0.39 is 5.97 Å². The minimum absolute atomic E-state index is 0.117. The topological polar surface area (TPSA) is 87.7 Å². The summed E-state index contributed by atoms with van der Waals surface area (Å²) in [5.74, 6) is -0.507. The molecule has 2 aromatic rings. The van der Waals surface area contributed by atoms with Crippen molar-refractivity contribution in [3.63, 3.8) is 0 Å². The lowest BCUT2D eigenvalue weighted by molar-refractivity contribution is 0.0697. The Labute approximate surface area is 179 Å². The Morgan fingerprint density at radius 3 is 2.06 bits per heavy atom. The van der Waals surface area contributed by atoms with Gasteiger partial charge in [0.05, 0.1) is 5.56 Å². The van der Waals surface area contributed by atoms with Crippen LogP contribution in [0.3, 0.4) is 0 Å². The maximum absolute atomic E-state index is 12.6. The summed E-state index contributed by atoms with van der Waals surface area (Å²) in [5, 5.41) is 21.2. The van der Waals surface area contributed by atoms with Crippen LogP contribution in [-0.4, -0.2) is 16.2 Å². The number of hydrogen-bond acceptors (Lipinski definition) is 4. The molecule has 0 aromatic heterocycles. The summed E-state index contributed by atoms with van der Waals surface area (Å²) in [6.07, 6.45) is 0. The summed E-state index contributed by atoms with van der Waals surface area (Å²) >= 11 is 0. The maximum atomic E-state index is 12.6. The third-order valence-electron chi connectivity index (χ3n) is 6.20. The molecule has 1 aliphatic carbocycles. The second kappa shape index (κ2) is 6.98. The molecule has 2 N–H and O–H groups in total. The Kier molecular flexibility index (Phi) is 4.65. The van der Waals surface area contributed by atoms with E-state index in [2.05, 4.69) is 0 Å². The summed E-state index contributed by atoms with van der Waals surface area (Å²) in [6.45, 7) is 10.8. The Balaban J connectivity index is 2.35. The fraction of sp³-hybridized carbons (Fsp3) is 0.231. The molecule has 1 aliphatic heterocycles. The van der Waals surface area contributed by atoms with E-state index >= 15 is 0 Å². The molecule has 0 amide bonds. The Bertz CT molecular complexity index is 1440. The molecule has 0 radical (unpaired) electrons.